The van der Waals surface area contributed by atoms with E-state index in [2.05, 4.69) is 17.6 Å². The topological polar surface area (TPSA) is 87.7 Å². The van der Waals surface area contributed by atoms with Gasteiger partial charge in [0.15, 0.2) is 0 Å². The molecule has 6 nitrogen and oxygen atoms in total. The largest absolute Gasteiger partial charge is 0.480 e. The van der Waals surface area contributed by atoms with Crippen LogP contribution in [0.3, 0.4) is 0 Å². The second kappa shape index (κ2) is 8.12. The lowest BCUT2D eigenvalue weighted by Crippen LogP contribution is -2.49. The van der Waals surface area contributed by atoms with Crippen LogP contribution in [-0.4, -0.2) is 48.8 Å². The molecule has 0 aromatic rings. The Morgan fingerprint density at radius 1 is 1.32 bits per heavy atom. The maximum absolute atomic E-state index is 12.1. The van der Waals surface area contributed by atoms with Crippen molar-refractivity contribution >= 4 is 11.9 Å². The number of rotatable bonds is 8. The summed E-state index contributed by atoms with van der Waals surface area (Å²) >= 11 is 0. The summed E-state index contributed by atoms with van der Waals surface area (Å²) in [4.78, 5) is 23.1. The van der Waals surface area contributed by atoms with E-state index in [1.807, 2.05) is 6.92 Å². The number of carboxylic acid groups (broad SMARTS) is 1. The van der Waals surface area contributed by atoms with Gasteiger partial charge in [-0.25, -0.2) is 4.79 Å². The molecular formula is C13H24N2O4. The summed E-state index contributed by atoms with van der Waals surface area (Å²) in [6.45, 7) is 5.64. The summed E-state index contributed by atoms with van der Waals surface area (Å²) in [7, 11) is 0. The van der Waals surface area contributed by atoms with Gasteiger partial charge in [0.25, 0.3) is 0 Å². The highest BCUT2D eigenvalue weighted by Gasteiger charge is 2.35. The smallest absolute Gasteiger partial charge is 0.326 e. The first kappa shape index (κ1) is 15.9. The van der Waals surface area contributed by atoms with Crippen LogP contribution in [0.4, 0.5) is 0 Å². The van der Waals surface area contributed by atoms with Crippen LogP contribution in [0.2, 0.25) is 0 Å². The van der Waals surface area contributed by atoms with Crippen molar-refractivity contribution in [1.29, 1.82) is 0 Å². The molecule has 1 aliphatic rings. The van der Waals surface area contributed by atoms with Crippen molar-refractivity contribution in [1.82, 2.24) is 10.6 Å². The highest BCUT2D eigenvalue weighted by atomic mass is 16.5. The Balaban J connectivity index is 2.52. The van der Waals surface area contributed by atoms with Gasteiger partial charge < -0.3 is 20.5 Å². The Hall–Kier alpha value is -1.14. The first-order chi connectivity index (χ1) is 9.10. The van der Waals surface area contributed by atoms with E-state index in [1.54, 1.807) is 0 Å². The number of amides is 1. The summed E-state index contributed by atoms with van der Waals surface area (Å²) in [6, 6.07) is -0.819. The molecule has 2 unspecified atom stereocenters. The van der Waals surface area contributed by atoms with Gasteiger partial charge in [-0.05, 0) is 19.4 Å². The van der Waals surface area contributed by atoms with E-state index >= 15 is 0 Å². The molecule has 1 saturated heterocycles. The Morgan fingerprint density at radius 2 is 2.05 bits per heavy atom. The highest BCUT2D eigenvalue weighted by molar-refractivity contribution is 5.85. The van der Waals surface area contributed by atoms with Gasteiger partial charge in [-0.1, -0.05) is 20.3 Å². The Kier molecular flexibility index (Phi) is 6.80. The fourth-order valence-electron chi connectivity index (χ4n) is 2.17. The zero-order chi connectivity index (χ0) is 14.3. The zero-order valence-corrected chi connectivity index (χ0v) is 11.6. The third kappa shape index (κ3) is 4.80. The number of ether oxygens (including phenoxy) is 1. The highest BCUT2D eigenvalue weighted by Crippen LogP contribution is 2.14. The van der Waals surface area contributed by atoms with Crippen LogP contribution in [0.15, 0.2) is 0 Å². The van der Waals surface area contributed by atoms with E-state index in [4.69, 9.17) is 9.84 Å². The minimum Gasteiger partial charge on any atom is -0.480 e. The predicted molar refractivity (Wildman–Crippen MR) is 70.9 cm³/mol. The van der Waals surface area contributed by atoms with Gasteiger partial charge >= 0.3 is 5.97 Å². The van der Waals surface area contributed by atoms with Gasteiger partial charge in [0.05, 0.1) is 19.1 Å². The summed E-state index contributed by atoms with van der Waals surface area (Å²) in [6.07, 6.45) is 2.15. The molecule has 0 bridgehead atoms. The number of aliphatic carboxylic acids is 1. The summed E-state index contributed by atoms with van der Waals surface area (Å²) in [5.74, 6) is -1.51. The number of nitrogens with one attached hydrogen (secondary N) is 2. The Morgan fingerprint density at radius 3 is 2.63 bits per heavy atom. The summed E-state index contributed by atoms with van der Waals surface area (Å²) in [5, 5.41) is 14.9. The van der Waals surface area contributed by atoms with Gasteiger partial charge in [0.1, 0.15) is 6.04 Å². The van der Waals surface area contributed by atoms with Gasteiger partial charge in [0.2, 0.25) is 5.91 Å². The summed E-state index contributed by atoms with van der Waals surface area (Å²) < 4.78 is 5.32. The van der Waals surface area contributed by atoms with Crippen LogP contribution in [0.5, 0.6) is 0 Å². The molecule has 1 aliphatic heterocycles. The maximum Gasteiger partial charge on any atom is 0.326 e. The van der Waals surface area contributed by atoms with Gasteiger partial charge in [0, 0.05) is 6.04 Å². The van der Waals surface area contributed by atoms with Crippen molar-refractivity contribution < 1.29 is 19.4 Å². The molecule has 0 radical (unpaired) electrons. The number of carbonyl (C=O) groups excluding carboxylic acids is 1. The van der Waals surface area contributed by atoms with Crippen molar-refractivity contribution in [3.63, 3.8) is 0 Å². The Labute approximate surface area is 113 Å². The van der Waals surface area contributed by atoms with E-state index in [1.165, 1.54) is 0 Å². The van der Waals surface area contributed by atoms with E-state index in [-0.39, 0.29) is 17.9 Å². The van der Waals surface area contributed by atoms with Crippen LogP contribution in [0, 0.1) is 5.92 Å². The molecule has 0 aromatic heterocycles. The first-order valence-corrected chi connectivity index (χ1v) is 6.94. The fraction of sp³-hybridized carbons (Fsp3) is 0.846. The van der Waals surface area contributed by atoms with E-state index in [0.717, 1.165) is 19.4 Å². The van der Waals surface area contributed by atoms with Crippen molar-refractivity contribution in [2.45, 2.75) is 45.2 Å². The van der Waals surface area contributed by atoms with E-state index in [0.29, 0.717) is 19.6 Å². The molecule has 1 amide bonds. The molecule has 3 N–H and O–H groups in total. The molecule has 1 rings (SSSR count). The second-order valence-corrected chi connectivity index (χ2v) is 4.89. The lowest BCUT2D eigenvalue weighted by atomic mass is 10.0. The molecule has 3 atom stereocenters. The quantitative estimate of drug-likeness (QED) is 0.594. The van der Waals surface area contributed by atoms with Crippen LogP contribution >= 0.6 is 0 Å². The molecule has 0 aromatic carbocycles. The van der Waals surface area contributed by atoms with Gasteiger partial charge in [-0.15, -0.1) is 0 Å². The number of carbonyl (C=O) groups is 2. The monoisotopic (exact) mass is 272 g/mol. The lowest BCUT2D eigenvalue weighted by molar-refractivity contribution is -0.142. The standard InChI is InChI=1S/C13H24N2O4/c1-3-5-10(13(17)18)15-12(16)9-7-19-8-11(9)14-6-4-2/h9-11,14H,3-8H2,1-2H3,(H,15,16)(H,17,18)/t9?,10-,11?/m1/s1. The third-order valence-electron chi connectivity index (χ3n) is 3.27. The summed E-state index contributed by atoms with van der Waals surface area (Å²) in [5.41, 5.74) is 0. The van der Waals surface area contributed by atoms with Crippen LogP contribution in [0.1, 0.15) is 33.1 Å². The van der Waals surface area contributed by atoms with Gasteiger partial charge in [-0.3, -0.25) is 4.79 Å². The van der Waals surface area contributed by atoms with Crippen LogP contribution in [-0.2, 0) is 14.3 Å². The normalized spacial score (nSPS) is 24.1. The first-order valence-electron chi connectivity index (χ1n) is 6.94. The van der Waals surface area contributed by atoms with E-state index < -0.39 is 12.0 Å². The Bertz CT molecular complexity index is 309. The molecule has 110 valence electrons. The average molecular weight is 272 g/mol. The maximum atomic E-state index is 12.1. The zero-order valence-electron chi connectivity index (χ0n) is 11.6. The molecule has 0 aliphatic carbocycles. The molecule has 0 saturated carbocycles. The van der Waals surface area contributed by atoms with Crippen molar-refractivity contribution in [3.05, 3.63) is 0 Å². The minimum atomic E-state index is -0.979. The second-order valence-electron chi connectivity index (χ2n) is 4.89. The predicted octanol–water partition coefficient (Wildman–Crippen LogP) is 0.371. The number of hydrogen-bond donors (Lipinski definition) is 3. The van der Waals surface area contributed by atoms with Crippen LogP contribution < -0.4 is 10.6 Å². The minimum absolute atomic E-state index is 0.0176. The molecule has 0 spiro atoms. The molecule has 1 fully saturated rings. The molecular weight excluding hydrogens is 248 g/mol. The van der Waals surface area contributed by atoms with Crippen LogP contribution in [0.25, 0.3) is 0 Å². The number of carboxylic acids is 1. The average Bonchev–Trinajstić information content (AvgIpc) is 2.83. The van der Waals surface area contributed by atoms with Crippen molar-refractivity contribution in [3.8, 4) is 0 Å². The van der Waals surface area contributed by atoms with E-state index in [9.17, 15) is 9.59 Å². The molecule has 6 heteroatoms. The number of hydrogen-bond acceptors (Lipinski definition) is 4. The van der Waals surface area contributed by atoms with Gasteiger partial charge in [-0.2, -0.15) is 0 Å². The SMILES string of the molecule is CCCNC1COCC1C(=O)N[C@H](CCC)C(=O)O. The molecule has 1 heterocycles. The third-order valence-corrected chi connectivity index (χ3v) is 3.27. The van der Waals surface area contributed by atoms with Crippen molar-refractivity contribution in [2.24, 2.45) is 5.92 Å². The molecule has 19 heavy (non-hydrogen) atoms. The lowest BCUT2D eigenvalue weighted by Gasteiger charge is -2.21. The fourth-order valence-corrected chi connectivity index (χ4v) is 2.17. The van der Waals surface area contributed by atoms with Crippen molar-refractivity contribution in [2.75, 3.05) is 19.8 Å².